The summed E-state index contributed by atoms with van der Waals surface area (Å²) in [4.78, 5) is 14.2. The molecule has 0 spiro atoms. The molecule has 0 saturated carbocycles. The lowest BCUT2D eigenvalue weighted by Crippen LogP contribution is -2.35. The van der Waals surface area contributed by atoms with Gasteiger partial charge in [0.05, 0.1) is 38.5 Å². The van der Waals surface area contributed by atoms with Crippen molar-refractivity contribution >= 4 is 5.91 Å². The molecule has 0 bridgehead atoms. The van der Waals surface area contributed by atoms with Gasteiger partial charge in [-0.2, -0.15) is 5.10 Å². The third kappa shape index (κ3) is 4.41. The fraction of sp³-hybridized carbons (Fsp3) is 0.600. The summed E-state index contributed by atoms with van der Waals surface area (Å²) in [5, 5.41) is 4.33. The third-order valence-corrected chi connectivity index (χ3v) is 3.53. The number of carbonyl (C=O) groups is 1. The van der Waals surface area contributed by atoms with E-state index in [-0.39, 0.29) is 11.8 Å². The molecule has 6 nitrogen and oxygen atoms in total. The van der Waals surface area contributed by atoms with Crippen LogP contribution in [0.4, 0.5) is 0 Å². The molecule has 1 aliphatic rings. The van der Waals surface area contributed by atoms with Crippen LogP contribution in [0.25, 0.3) is 0 Å². The van der Waals surface area contributed by atoms with Crippen molar-refractivity contribution in [3.63, 3.8) is 0 Å². The molecule has 21 heavy (non-hydrogen) atoms. The first-order valence-electron chi connectivity index (χ1n) is 7.20. The molecule has 6 heteroatoms. The molecule has 0 saturated heterocycles. The van der Waals surface area contributed by atoms with Crippen LogP contribution >= 0.6 is 0 Å². The molecular formula is C15H23N3O3. The van der Waals surface area contributed by atoms with Gasteiger partial charge in [0.2, 0.25) is 5.91 Å². The van der Waals surface area contributed by atoms with E-state index >= 15 is 0 Å². The lowest BCUT2D eigenvalue weighted by Gasteiger charge is -2.24. The smallest absolute Gasteiger partial charge is 0.225 e. The summed E-state index contributed by atoms with van der Waals surface area (Å²) in [5.74, 6) is 0.345. The Morgan fingerprint density at radius 1 is 1.57 bits per heavy atom. The summed E-state index contributed by atoms with van der Waals surface area (Å²) in [7, 11) is 1.61. The minimum atomic E-state index is 0.111. The minimum Gasteiger partial charge on any atom is -0.384 e. The Balaban J connectivity index is 2.03. The van der Waals surface area contributed by atoms with E-state index in [0.717, 1.165) is 12.2 Å². The molecule has 0 fully saturated rings. The highest BCUT2D eigenvalue weighted by atomic mass is 16.5. The molecule has 1 aromatic rings. The van der Waals surface area contributed by atoms with Gasteiger partial charge in [-0.05, 0) is 6.07 Å². The number of fused-ring (bicyclic) bond motifs is 1. The minimum absolute atomic E-state index is 0.111. The number of aromatic nitrogens is 2. The highest BCUT2D eigenvalue weighted by Crippen LogP contribution is 2.17. The zero-order chi connectivity index (χ0) is 15.1. The number of nitrogens with zero attached hydrogens (tertiary/aromatic N) is 3. The first-order chi connectivity index (χ1) is 10.2. The van der Waals surface area contributed by atoms with Crippen molar-refractivity contribution in [2.45, 2.75) is 19.5 Å². The van der Waals surface area contributed by atoms with E-state index in [1.165, 1.54) is 0 Å². The number of carbonyl (C=O) groups excluding carboxylic acids is 1. The summed E-state index contributed by atoms with van der Waals surface area (Å²) in [6.07, 6.45) is 3.92. The molecule has 1 aromatic heterocycles. The summed E-state index contributed by atoms with van der Waals surface area (Å²) in [6.45, 7) is 7.27. The second-order valence-electron chi connectivity index (χ2n) is 5.21. The zero-order valence-electron chi connectivity index (χ0n) is 12.5. The van der Waals surface area contributed by atoms with Gasteiger partial charge < -0.3 is 14.4 Å². The topological polar surface area (TPSA) is 56.6 Å². The SMILES string of the molecule is C=CCOC[C@H]1CN(C(=O)CCOC)Cc2ccnn2C1. The van der Waals surface area contributed by atoms with Crippen LogP contribution in [-0.4, -0.2) is 54.1 Å². The molecule has 1 aliphatic heterocycles. The Labute approximate surface area is 125 Å². The van der Waals surface area contributed by atoms with Gasteiger partial charge >= 0.3 is 0 Å². The zero-order valence-corrected chi connectivity index (χ0v) is 12.5. The van der Waals surface area contributed by atoms with Crippen molar-refractivity contribution in [1.82, 2.24) is 14.7 Å². The molecule has 0 aliphatic carbocycles. The predicted molar refractivity (Wildman–Crippen MR) is 78.6 cm³/mol. The van der Waals surface area contributed by atoms with Gasteiger partial charge in [-0.25, -0.2) is 0 Å². The Bertz CT molecular complexity index is 472. The Morgan fingerprint density at radius 3 is 3.19 bits per heavy atom. The van der Waals surface area contributed by atoms with Crippen molar-refractivity contribution in [1.29, 1.82) is 0 Å². The highest BCUT2D eigenvalue weighted by molar-refractivity contribution is 5.76. The number of methoxy groups -OCH3 is 1. The van der Waals surface area contributed by atoms with Gasteiger partial charge in [-0.15, -0.1) is 6.58 Å². The van der Waals surface area contributed by atoms with E-state index in [2.05, 4.69) is 11.7 Å². The first-order valence-corrected chi connectivity index (χ1v) is 7.20. The van der Waals surface area contributed by atoms with Crippen LogP contribution in [0.1, 0.15) is 12.1 Å². The van der Waals surface area contributed by atoms with Crippen LogP contribution in [0.5, 0.6) is 0 Å². The van der Waals surface area contributed by atoms with E-state index in [4.69, 9.17) is 9.47 Å². The Kier molecular flexibility index (Phi) is 5.95. The van der Waals surface area contributed by atoms with Crippen LogP contribution < -0.4 is 0 Å². The molecule has 2 heterocycles. The van der Waals surface area contributed by atoms with E-state index in [0.29, 0.717) is 39.3 Å². The van der Waals surface area contributed by atoms with E-state index in [1.807, 2.05) is 15.6 Å². The highest BCUT2D eigenvalue weighted by Gasteiger charge is 2.25. The normalized spacial score (nSPS) is 18.1. The summed E-state index contributed by atoms with van der Waals surface area (Å²) >= 11 is 0. The van der Waals surface area contributed by atoms with Crippen molar-refractivity contribution < 1.29 is 14.3 Å². The van der Waals surface area contributed by atoms with E-state index in [9.17, 15) is 4.79 Å². The molecule has 116 valence electrons. The molecule has 0 N–H and O–H groups in total. The Morgan fingerprint density at radius 2 is 2.43 bits per heavy atom. The van der Waals surface area contributed by atoms with Crippen molar-refractivity contribution in [3.05, 3.63) is 30.6 Å². The van der Waals surface area contributed by atoms with Crippen LogP contribution in [0.15, 0.2) is 24.9 Å². The maximum absolute atomic E-state index is 12.3. The quantitative estimate of drug-likeness (QED) is 0.557. The second-order valence-corrected chi connectivity index (χ2v) is 5.21. The Hall–Kier alpha value is -1.66. The maximum atomic E-state index is 12.3. The van der Waals surface area contributed by atoms with Crippen molar-refractivity contribution in [2.75, 3.05) is 33.5 Å². The molecule has 2 rings (SSSR count). The summed E-state index contributed by atoms with van der Waals surface area (Å²) in [6, 6.07) is 1.96. The average molecular weight is 293 g/mol. The molecule has 0 aromatic carbocycles. The van der Waals surface area contributed by atoms with Gasteiger partial charge in [-0.3, -0.25) is 9.48 Å². The standard InChI is InChI=1S/C15H23N3O3/c1-3-7-21-12-13-9-17(15(19)5-8-20-2)11-14-4-6-16-18(14)10-13/h3-4,6,13H,1,5,7-12H2,2H3/t13-/m0/s1. The number of hydrogen-bond donors (Lipinski definition) is 0. The van der Waals surface area contributed by atoms with Gasteiger partial charge in [0.1, 0.15) is 0 Å². The average Bonchev–Trinajstić information content (AvgIpc) is 2.83. The number of ether oxygens (including phenoxy) is 2. The molecule has 0 unspecified atom stereocenters. The number of hydrogen-bond acceptors (Lipinski definition) is 4. The lowest BCUT2D eigenvalue weighted by atomic mass is 10.1. The monoisotopic (exact) mass is 293 g/mol. The van der Waals surface area contributed by atoms with Gasteiger partial charge in [-0.1, -0.05) is 6.08 Å². The molecule has 1 atom stereocenters. The van der Waals surface area contributed by atoms with Crippen LogP contribution in [0, 0.1) is 5.92 Å². The molecular weight excluding hydrogens is 270 g/mol. The van der Waals surface area contributed by atoms with Gasteiger partial charge in [0.15, 0.2) is 0 Å². The largest absolute Gasteiger partial charge is 0.384 e. The van der Waals surface area contributed by atoms with Crippen LogP contribution in [0.3, 0.4) is 0 Å². The van der Waals surface area contributed by atoms with E-state index in [1.54, 1.807) is 19.4 Å². The molecule has 1 amide bonds. The molecule has 0 radical (unpaired) electrons. The second kappa shape index (κ2) is 7.95. The van der Waals surface area contributed by atoms with Gasteiger partial charge in [0.25, 0.3) is 0 Å². The summed E-state index contributed by atoms with van der Waals surface area (Å²) < 4.78 is 12.5. The van der Waals surface area contributed by atoms with Crippen molar-refractivity contribution in [3.8, 4) is 0 Å². The number of amides is 1. The maximum Gasteiger partial charge on any atom is 0.225 e. The number of rotatable bonds is 7. The lowest BCUT2D eigenvalue weighted by molar-refractivity contribution is -0.133. The first kappa shape index (κ1) is 15.7. The van der Waals surface area contributed by atoms with Crippen LogP contribution in [0.2, 0.25) is 0 Å². The fourth-order valence-corrected chi connectivity index (χ4v) is 2.49. The summed E-state index contributed by atoms with van der Waals surface area (Å²) in [5.41, 5.74) is 1.06. The van der Waals surface area contributed by atoms with Crippen molar-refractivity contribution in [2.24, 2.45) is 5.92 Å². The predicted octanol–water partition coefficient (Wildman–Crippen LogP) is 1.08. The van der Waals surface area contributed by atoms with Gasteiger partial charge in [0, 0.05) is 32.3 Å². The van der Waals surface area contributed by atoms with E-state index < -0.39 is 0 Å². The third-order valence-electron chi connectivity index (χ3n) is 3.53. The van der Waals surface area contributed by atoms with Crippen LogP contribution in [-0.2, 0) is 27.4 Å². The fourth-order valence-electron chi connectivity index (χ4n) is 2.49.